The Balaban J connectivity index is 1.60. The molecule has 0 aliphatic rings. The van der Waals surface area contributed by atoms with Crippen molar-refractivity contribution in [3.63, 3.8) is 0 Å². The predicted molar refractivity (Wildman–Crippen MR) is 103 cm³/mol. The quantitative estimate of drug-likeness (QED) is 0.591. The van der Waals surface area contributed by atoms with Crippen LogP contribution >= 0.6 is 0 Å². The van der Waals surface area contributed by atoms with Crippen molar-refractivity contribution in [2.75, 3.05) is 20.3 Å². The minimum Gasteiger partial charge on any atom is -0.496 e. The molecule has 0 saturated heterocycles. The van der Waals surface area contributed by atoms with Crippen molar-refractivity contribution < 1.29 is 31.9 Å². The first-order chi connectivity index (χ1) is 14.3. The third kappa shape index (κ3) is 5.11. The summed E-state index contributed by atoms with van der Waals surface area (Å²) in [6, 6.07) is 11.4. The number of benzene rings is 2. The van der Waals surface area contributed by atoms with Gasteiger partial charge in [0.05, 0.1) is 12.7 Å². The molecule has 0 aliphatic heterocycles. The fourth-order valence-corrected chi connectivity index (χ4v) is 2.91. The van der Waals surface area contributed by atoms with Crippen molar-refractivity contribution in [3.8, 4) is 11.5 Å². The van der Waals surface area contributed by atoms with Gasteiger partial charge in [-0.1, -0.05) is 18.2 Å². The van der Waals surface area contributed by atoms with E-state index in [0.717, 1.165) is 23.4 Å². The van der Waals surface area contributed by atoms with Crippen LogP contribution in [0.5, 0.6) is 11.5 Å². The van der Waals surface area contributed by atoms with Crippen molar-refractivity contribution in [2.24, 2.45) is 0 Å². The Morgan fingerprint density at radius 3 is 2.63 bits per heavy atom. The summed E-state index contributed by atoms with van der Waals surface area (Å²) in [5, 5.41) is 2.42. The van der Waals surface area contributed by atoms with Gasteiger partial charge >= 0.3 is 11.8 Å². The van der Waals surface area contributed by atoms with E-state index in [4.69, 9.17) is 13.9 Å². The van der Waals surface area contributed by atoms with Crippen LogP contribution < -0.4 is 20.4 Å². The van der Waals surface area contributed by atoms with Gasteiger partial charge < -0.3 is 19.2 Å². The van der Waals surface area contributed by atoms with Crippen molar-refractivity contribution >= 4 is 16.9 Å². The van der Waals surface area contributed by atoms with Gasteiger partial charge in [0.1, 0.15) is 17.1 Å². The predicted octanol–water partition coefficient (Wildman–Crippen LogP) is 3.56. The molecule has 1 heterocycles. The van der Waals surface area contributed by atoms with Gasteiger partial charge in [-0.15, -0.1) is 0 Å². The number of amides is 1. The molecule has 2 aromatic carbocycles. The number of fused-ring (bicyclic) bond motifs is 1. The molecular weight excluding hydrogens is 403 g/mol. The minimum atomic E-state index is -4.70. The molecule has 6 nitrogen and oxygen atoms in total. The number of rotatable bonds is 7. The Hall–Kier alpha value is -3.49. The van der Waals surface area contributed by atoms with E-state index in [-0.39, 0.29) is 23.3 Å². The molecule has 3 aromatic rings. The molecule has 1 aromatic heterocycles. The van der Waals surface area contributed by atoms with Crippen LogP contribution in [0.1, 0.15) is 11.1 Å². The van der Waals surface area contributed by atoms with Gasteiger partial charge in [0.2, 0.25) is 0 Å². The smallest absolute Gasteiger partial charge is 0.417 e. The van der Waals surface area contributed by atoms with Crippen LogP contribution in [-0.4, -0.2) is 26.2 Å². The maximum absolute atomic E-state index is 13.1. The zero-order chi connectivity index (χ0) is 21.7. The molecule has 0 unspecified atom stereocenters. The van der Waals surface area contributed by atoms with Crippen LogP contribution in [0.3, 0.4) is 0 Å². The van der Waals surface area contributed by atoms with Crippen molar-refractivity contribution in [1.82, 2.24) is 5.32 Å². The van der Waals surface area contributed by atoms with Gasteiger partial charge in [-0.3, -0.25) is 4.79 Å². The highest BCUT2D eigenvalue weighted by Crippen LogP contribution is 2.34. The Morgan fingerprint density at radius 2 is 1.90 bits per heavy atom. The van der Waals surface area contributed by atoms with Crippen molar-refractivity contribution in [2.45, 2.75) is 12.6 Å². The van der Waals surface area contributed by atoms with Gasteiger partial charge in [-0.2, -0.15) is 13.2 Å². The molecule has 0 radical (unpaired) electrons. The number of carbonyl (C=O) groups is 1. The summed E-state index contributed by atoms with van der Waals surface area (Å²) >= 11 is 0. The van der Waals surface area contributed by atoms with Crippen molar-refractivity contribution in [3.05, 3.63) is 70.1 Å². The zero-order valence-electron chi connectivity index (χ0n) is 15.9. The highest BCUT2D eigenvalue weighted by molar-refractivity contribution is 5.82. The lowest BCUT2D eigenvalue weighted by Crippen LogP contribution is -2.30. The number of carbonyl (C=O) groups excluding carboxylic acids is 1. The number of hydrogen-bond donors (Lipinski definition) is 1. The molecule has 1 amide bonds. The fourth-order valence-electron chi connectivity index (χ4n) is 2.91. The molecule has 158 valence electrons. The van der Waals surface area contributed by atoms with Crippen LogP contribution in [-0.2, 0) is 17.4 Å². The van der Waals surface area contributed by atoms with Crippen LogP contribution in [0.2, 0.25) is 0 Å². The van der Waals surface area contributed by atoms with Gasteiger partial charge in [-0.25, -0.2) is 4.79 Å². The molecule has 0 fully saturated rings. The van der Waals surface area contributed by atoms with E-state index in [9.17, 15) is 22.8 Å². The lowest BCUT2D eigenvalue weighted by atomic mass is 10.1. The van der Waals surface area contributed by atoms with E-state index in [0.29, 0.717) is 19.0 Å². The summed E-state index contributed by atoms with van der Waals surface area (Å²) < 4.78 is 54.6. The molecular formula is C21H18F3NO5. The Kier molecular flexibility index (Phi) is 6.29. The van der Waals surface area contributed by atoms with Crippen LogP contribution in [0, 0.1) is 0 Å². The maximum atomic E-state index is 13.1. The SMILES string of the molecule is COc1ccccc1CCNC(=O)COc1ccc2c(C(F)(F)F)cc(=O)oc2c1. The Morgan fingerprint density at radius 1 is 1.13 bits per heavy atom. The second-order valence-corrected chi connectivity index (χ2v) is 6.34. The lowest BCUT2D eigenvalue weighted by molar-refractivity contribution is -0.136. The zero-order valence-corrected chi connectivity index (χ0v) is 15.9. The Bertz CT molecular complexity index is 1110. The van der Waals surface area contributed by atoms with Crippen LogP contribution in [0.25, 0.3) is 11.0 Å². The van der Waals surface area contributed by atoms with E-state index in [2.05, 4.69) is 5.32 Å². The number of methoxy groups -OCH3 is 1. The second kappa shape index (κ2) is 8.89. The Labute approximate surface area is 169 Å². The number of ether oxygens (including phenoxy) is 2. The van der Waals surface area contributed by atoms with Crippen molar-refractivity contribution in [1.29, 1.82) is 0 Å². The normalized spacial score (nSPS) is 11.3. The number of alkyl halides is 3. The number of para-hydroxylation sites is 1. The summed E-state index contributed by atoms with van der Waals surface area (Å²) in [5.41, 5.74) is -1.55. The first-order valence-electron chi connectivity index (χ1n) is 8.94. The van der Waals surface area contributed by atoms with Gasteiger partial charge in [0.15, 0.2) is 6.61 Å². The molecule has 0 spiro atoms. The highest BCUT2D eigenvalue weighted by atomic mass is 19.4. The highest BCUT2D eigenvalue weighted by Gasteiger charge is 2.33. The molecule has 0 saturated carbocycles. The van der Waals surface area contributed by atoms with E-state index < -0.39 is 23.3 Å². The van der Waals surface area contributed by atoms with Gasteiger partial charge in [0.25, 0.3) is 5.91 Å². The average Bonchev–Trinajstić information content (AvgIpc) is 2.71. The average molecular weight is 421 g/mol. The molecule has 30 heavy (non-hydrogen) atoms. The molecule has 0 atom stereocenters. The minimum absolute atomic E-state index is 0.102. The monoisotopic (exact) mass is 421 g/mol. The largest absolute Gasteiger partial charge is 0.496 e. The van der Waals surface area contributed by atoms with E-state index in [1.54, 1.807) is 7.11 Å². The first-order valence-corrected chi connectivity index (χ1v) is 8.94. The number of hydrogen-bond acceptors (Lipinski definition) is 5. The van der Waals surface area contributed by atoms with Gasteiger partial charge in [-0.05, 0) is 30.2 Å². The molecule has 0 aliphatic carbocycles. The molecule has 1 N–H and O–H groups in total. The summed E-state index contributed by atoms with van der Waals surface area (Å²) in [6.45, 7) is 0.00469. The molecule has 0 bridgehead atoms. The molecule has 9 heteroatoms. The van der Waals surface area contributed by atoms with E-state index in [1.165, 1.54) is 6.07 Å². The summed E-state index contributed by atoms with van der Waals surface area (Å²) in [6.07, 6.45) is -4.14. The van der Waals surface area contributed by atoms with Crippen LogP contribution in [0.4, 0.5) is 13.2 Å². The first kappa shape index (κ1) is 21.2. The second-order valence-electron chi connectivity index (χ2n) is 6.34. The molecule has 3 rings (SSSR count). The third-order valence-corrected chi connectivity index (χ3v) is 4.30. The van der Waals surface area contributed by atoms with E-state index >= 15 is 0 Å². The van der Waals surface area contributed by atoms with Crippen LogP contribution in [0.15, 0.2) is 57.7 Å². The summed E-state index contributed by atoms with van der Waals surface area (Å²) in [4.78, 5) is 23.4. The van der Waals surface area contributed by atoms with Gasteiger partial charge in [0, 0.05) is 24.1 Å². The van der Waals surface area contributed by atoms with E-state index in [1.807, 2.05) is 24.3 Å². The fraction of sp³-hybridized carbons (Fsp3) is 0.238. The summed E-state index contributed by atoms with van der Waals surface area (Å²) in [7, 11) is 1.56. The standard InChI is InChI=1S/C21H18F3NO5/c1-28-17-5-3-2-4-13(17)8-9-25-19(26)12-29-14-6-7-15-16(21(22,23)24)11-20(27)30-18(15)10-14/h2-7,10-11H,8-9,12H2,1H3,(H,25,26). The number of nitrogens with one attached hydrogen (secondary N) is 1. The summed E-state index contributed by atoms with van der Waals surface area (Å²) in [5.74, 6) is 0.416. The lowest BCUT2D eigenvalue weighted by Gasteiger charge is -2.11. The third-order valence-electron chi connectivity index (χ3n) is 4.30. The maximum Gasteiger partial charge on any atom is 0.417 e. The number of halogens is 3. The topological polar surface area (TPSA) is 77.8 Å².